The maximum absolute atomic E-state index is 14.0. The van der Waals surface area contributed by atoms with Crippen molar-refractivity contribution in [1.82, 2.24) is 29.9 Å². The molecule has 0 radical (unpaired) electrons. The first kappa shape index (κ1) is 17.7. The Labute approximate surface area is 166 Å². The highest BCUT2D eigenvalue weighted by Gasteiger charge is 2.47. The predicted molar refractivity (Wildman–Crippen MR) is 103 cm³/mol. The summed E-state index contributed by atoms with van der Waals surface area (Å²) in [6.45, 7) is 2.56. The van der Waals surface area contributed by atoms with E-state index in [-0.39, 0.29) is 23.6 Å². The molecule has 2 bridgehead atoms. The zero-order chi connectivity index (χ0) is 20.0. The van der Waals surface area contributed by atoms with Crippen LogP contribution in [0.3, 0.4) is 0 Å². The lowest BCUT2D eigenvalue weighted by molar-refractivity contribution is 0.0691. The van der Waals surface area contributed by atoms with Crippen LogP contribution in [-0.2, 0) is 0 Å². The number of benzene rings is 1. The molecule has 148 valence electrons. The number of aromatic nitrogens is 5. The lowest BCUT2D eigenvalue weighted by atomic mass is 10.0. The summed E-state index contributed by atoms with van der Waals surface area (Å²) in [6.07, 6.45) is 8.38. The lowest BCUT2D eigenvalue weighted by Crippen LogP contribution is -2.48. The molecule has 3 heterocycles. The predicted octanol–water partition coefficient (Wildman–Crippen LogP) is 2.22. The normalized spacial score (nSPS) is 22.8. The number of hydrogen-bond donors (Lipinski definition) is 1. The van der Waals surface area contributed by atoms with Gasteiger partial charge in [0.2, 0.25) is 0 Å². The number of piperidine rings is 1. The Bertz CT molecular complexity index is 1040. The van der Waals surface area contributed by atoms with Gasteiger partial charge in [0.05, 0.1) is 47.8 Å². The van der Waals surface area contributed by atoms with Gasteiger partial charge in [0.1, 0.15) is 11.6 Å². The molecule has 5 rings (SSSR count). The van der Waals surface area contributed by atoms with Gasteiger partial charge in [0.15, 0.2) is 0 Å². The molecule has 3 atom stereocenters. The van der Waals surface area contributed by atoms with Gasteiger partial charge in [0, 0.05) is 12.6 Å². The summed E-state index contributed by atoms with van der Waals surface area (Å²) in [6, 6.07) is 4.23. The number of carbonyl (C=O) groups excluding carboxylic acids is 1. The van der Waals surface area contributed by atoms with Gasteiger partial charge < -0.3 is 10.2 Å². The minimum atomic E-state index is -0.460. The van der Waals surface area contributed by atoms with Crippen molar-refractivity contribution in [2.24, 2.45) is 5.92 Å². The first-order chi connectivity index (χ1) is 14.1. The number of nitrogens with one attached hydrogen (secondary N) is 1. The van der Waals surface area contributed by atoms with Crippen LogP contribution >= 0.6 is 0 Å². The van der Waals surface area contributed by atoms with Crippen LogP contribution in [0.15, 0.2) is 43.0 Å². The summed E-state index contributed by atoms with van der Waals surface area (Å²) < 4.78 is 14.0. The van der Waals surface area contributed by atoms with E-state index in [0.717, 1.165) is 18.5 Å². The van der Waals surface area contributed by atoms with Gasteiger partial charge in [-0.2, -0.15) is 15.0 Å². The third-order valence-electron chi connectivity index (χ3n) is 5.68. The van der Waals surface area contributed by atoms with Crippen LogP contribution in [0.4, 0.5) is 10.2 Å². The molecule has 1 saturated heterocycles. The second-order valence-electron chi connectivity index (χ2n) is 7.64. The molecule has 1 aliphatic carbocycles. The van der Waals surface area contributed by atoms with Crippen LogP contribution in [0, 0.1) is 18.7 Å². The summed E-state index contributed by atoms with van der Waals surface area (Å²) in [4.78, 5) is 25.2. The first-order valence-electron chi connectivity index (χ1n) is 9.61. The summed E-state index contributed by atoms with van der Waals surface area (Å²) in [5.74, 6) is 0.455. The maximum Gasteiger partial charge on any atom is 0.256 e. The zero-order valence-electron chi connectivity index (χ0n) is 15.9. The van der Waals surface area contributed by atoms with E-state index in [1.807, 2.05) is 11.8 Å². The van der Waals surface area contributed by atoms with Crippen molar-refractivity contribution < 1.29 is 9.18 Å². The van der Waals surface area contributed by atoms with Gasteiger partial charge in [-0.3, -0.25) is 9.78 Å². The van der Waals surface area contributed by atoms with Crippen molar-refractivity contribution in [3.05, 3.63) is 60.1 Å². The van der Waals surface area contributed by atoms with Gasteiger partial charge in [0.25, 0.3) is 5.91 Å². The summed E-state index contributed by atoms with van der Waals surface area (Å²) in [5, 5.41) is 11.6. The lowest BCUT2D eigenvalue weighted by Gasteiger charge is -2.34. The second-order valence-corrected chi connectivity index (χ2v) is 7.64. The highest BCUT2D eigenvalue weighted by Crippen LogP contribution is 2.40. The van der Waals surface area contributed by atoms with E-state index in [1.54, 1.807) is 12.4 Å². The van der Waals surface area contributed by atoms with E-state index in [4.69, 9.17) is 0 Å². The number of halogens is 1. The third kappa shape index (κ3) is 3.22. The van der Waals surface area contributed by atoms with E-state index in [9.17, 15) is 9.18 Å². The Morgan fingerprint density at radius 2 is 2.00 bits per heavy atom. The van der Waals surface area contributed by atoms with Crippen molar-refractivity contribution in [3.8, 4) is 5.69 Å². The van der Waals surface area contributed by atoms with E-state index < -0.39 is 5.82 Å². The van der Waals surface area contributed by atoms with E-state index in [0.29, 0.717) is 24.0 Å². The number of fused-ring (bicyclic) bond motifs is 2. The zero-order valence-corrected chi connectivity index (χ0v) is 15.9. The molecule has 1 aromatic carbocycles. The average Bonchev–Trinajstić information content (AvgIpc) is 3.46. The molecule has 3 aromatic rings. The Balaban J connectivity index is 1.41. The number of aryl methyl sites for hydroxylation is 1. The number of nitrogens with zero attached hydrogens (tertiary/aromatic N) is 6. The molecule has 1 aliphatic heterocycles. The quantitative estimate of drug-likeness (QED) is 0.731. The summed E-state index contributed by atoms with van der Waals surface area (Å²) in [5.41, 5.74) is 1.59. The molecule has 29 heavy (non-hydrogen) atoms. The van der Waals surface area contributed by atoms with Gasteiger partial charge >= 0.3 is 0 Å². The van der Waals surface area contributed by atoms with Crippen LogP contribution in [0.5, 0.6) is 0 Å². The smallest absolute Gasteiger partial charge is 0.256 e. The molecular formula is C20H20FN7O. The van der Waals surface area contributed by atoms with E-state index in [1.165, 1.54) is 35.4 Å². The van der Waals surface area contributed by atoms with Crippen molar-refractivity contribution >= 4 is 11.7 Å². The molecular weight excluding hydrogens is 373 g/mol. The Morgan fingerprint density at radius 1 is 1.17 bits per heavy atom. The van der Waals surface area contributed by atoms with E-state index in [2.05, 4.69) is 25.5 Å². The minimum Gasteiger partial charge on any atom is -0.364 e. The highest BCUT2D eigenvalue weighted by molar-refractivity contribution is 5.98. The molecule has 2 fully saturated rings. The van der Waals surface area contributed by atoms with Crippen LogP contribution in [0.25, 0.3) is 5.69 Å². The monoisotopic (exact) mass is 393 g/mol. The Hall–Kier alpha value is -3.36. The van der Waals surface area contributed by atoms with Gasteiger partial charge in [-0.25, -0.2) is 9.37 Å². The standard InChI is InChI=1S/C20H20FN7O/c1-12-9-23-19(10-22-12)26-16-6-13-7-18(16)27(11-13)20(29)15-8-14(21)2-3-17(15)28-24-4-5-25-28/h2-5,8-10,13,16,18H,6-7,11H2,1H3,(H,23,26)/t13-,16-,18+/m1/s1. The number of amides is 1. The van der Waals surface area contributed by atoms with Crippen LogP contribution < -0.4 is 5.32 Å². The molecule has 1 amide bonds. The highest BCUT2D eigenvalue weighted by atomic mass is 19.1. The van der Waals surface area contributed by atoms with Gasteiger partial charge in [-0.15, -0.1) is 0 Å². The molecule has 9 heteroatoms. The molecule has 8 nitrogen and oxygen atoms in total. The fourth-order valence-electron chi connectivity index (χ4n) is 4.42. The average molecular weight is 393 g/mol. The van der Waals surface area contributed by atoms with Gasteiger partial charge in [-0.05, 0) is 43.9 Å². The summed E-state index contributed by atoms with van der Waals surface area (Å²) in [7, 11) is 0. The molecule has 0 spiro atoms. The van der Waals surface area contributed by atoms with Crippen molar-refractivity contribution in [2.45, 2.75) is 31.8 Å². The molecule has 2 aliphatic rings. The fourth-order valence-corrected chi connectivity index (χ4v) is 4.42. The molecule has 1 N–H and O–H groups in total. The summed E-state index contributed by atoms with van der Waals surface area (Å²) >= 11 is 0. The number of anilines is 1. The number of carbonyl (C=O) groups is 1. The van der Waals surface area contributed by atoms with Crippen molar-refractivity contribution in [2.75, 3.05) is 11.9 Å². The van der Waals surface area contributed by atoms with Crippen molar-refractivity contribution in [3.63, 3.8) is 0 Å². The van der Waals surface area contributed by atoms with Crippen LogP contribution in [0.1, 0.15) is 28.9 Å². The van der Waals surface area contributed by atoms with Crippen molar-refractivity contribution in [1.29, 1.82) is 0 Å². The first-order valence-corrected chi connectivity index (χ1v) is 9.61. The van der Waals surface area contributed by atoms with E-state index >= 15 is 0 Å². The Kier molecular flexibility index (Phi) is 4.22. The van der Waals surface area contributed by atoms with Crippen LogP contribution in [-0.4, -0.2) is 54.4 Å². The second kappa shape index (κ2) is 6.91. The molecule has 2 aromatic heterocycles. The number of likely N-dealkylation sites (tertiary alicyclic amines) is 1. The number of hydrogen-bond acceptors (Lipinski definition) is 6. The minimum absolute atomic E-state index is 0.0253. The molecule has 0 unspecified atom stereocenters. The topological polar surface area (TPSA) is 88.8 Å². The maximum atomic E-state index is 14.0. The fraction of sp³-hybridized carbons (Fsp3) is 0.350. The van der Waals surface area contributed by atoms with Gasteiger partial charge in [-0.1, -0.05) is 0 Å². The van der Waals surface area contributed by atoms with Crippen LogP contribution in [0.2, 0.25) is 0 Å². The molecule has 1 saturated carbocycles. The third-order valence-corrected chi connectivity index (χ3v) is 5.68. The Morgan fingerprint density at radius 3 is 2.72 bits per heavy atom. The SMILES string of the molecule is Cc1cnc(N[C@@H]2C[C@@H]3C[C@@H]2N(C(=O)c2cc(F)ccc2-n2nccn2)C3)cn1. The largest absolute Gasteiger partial charge is 0.364 e. The number of rotatable bonds is 4.